The van der Waals surface area contributed by atoms with Gasteiger partial charge >= 0.3 is 0 Å². The van der Waals surface area contributed by atoms with Gasteiger partial charge in [-0.15, -0.1) is 0 Å². The molecule has 0 atom stereocenters. The first-order chi connectivity index (χ1) is 6.25. The van der Waals surface area contributed by atoms with E-state index in [1.807, 2.05) is 0 Å². The van der Waals surface area contributed by atoms with Gasteiger partial charge in [-0.3, -0.25) is 4.79 Å². The molecule has 2 rings (SSSR count). The third-order valence-corrected chi connectivity index (χ3v) is 2.25. The van der Waals surface area contributed by atoms with Gasteiger partial charge in [0, 0.05) is 6.54 Å². The molecule has 0 aromatic carbocycles. The van der Waals surface area contributed by atoms with Crippen molar-refractivity contribution in [1.29, 1.82) is 0 Å². The Morgan fingerprint density at radius 1 is 1.62 bits per heavy atom. The number of carbonyl (C=O) groups excluding carboxylic acids is 1. The molecule has 4 heteroatoms. The molecule has 1 aromatic heterocycles. The fourth-order valence-corrected chi connectivity index (χ4v) is 1.23. The maximum Gasteiger partial charge on any atom is 0.287 e. The molecule has 1 aromatic rings. The molecule has 1 aliphatic rings. The second-order valence-corrected chi connectivity index (χ2v) is 3.63. The molecule has 1 N–H and O–H groups in total. The third-order valence-electron chi connectivity index (χ3n) is 2.05. The predicted octanol–water partition coefficient (Wildman–Crippen LogP) is 2.07. The lowest BCUT2D eigenvalue weighted by atomic mass is 10.4. The second-order valence-electron chi connectivity index (χ2n) is 3.26. The summed E-state index contributed by atoms with van der Waals surface area (Å²) in [7, 11) is 0. The fourth-order valence-electron chi connectivity index (χ4n) is 1.08. The minimum atomic E-state index is -0.182. The predicted molar refractivity (Wildman–Crippen MR) is 48.8 cm³/mol. The lowest BCUT2D eigenvalue weighted by molar-refractivity contribution is 0.0924. The van der Waals surface area contributed by atoms with E-state index < -0.39 is 0 Å². The molecule has 1 fully saturated rings. The average molecular weight is 200 g/mol. The summed E-state index contributed by atoms with van der Waals surface area (Å²) < 4.78 is 4.95. The van der Waals surface area contributed by atoms with Gasteiger partial charge in [-0.25, -0.2) is 0 Å². The minimum absolute atomic E-state index is 0.182. The van der Waals surface area contributed by atoms with Crippen LogP contribution in [0.5, 0.6) is 0 Å². The van der Waals surface area contributed by atoms with E-state index in [9.17, 15) is 4.79 Å². The SMILES string of the molecule is O=C(NCC1CC1)c1ccc(Cl)o1. The normalized spacial score (nSPS) is 15.8. The lowest BCUT2D eigenvalue weighted by Gasteiger charge is -1.99. The van der Waals surface area contributed by atoms with Crippen molar-refractivity contribution in [2.24, 2.45) is 5.92 Å². The first kappa shape index (κ1) is 8.63. The highest BCUT2D eigenvalue weighted by atomic mass is 35.5. The van der Waals surface area contributed by atoms with Gasteiger partial charge in [0.1, 0.15) is 0 Å². The van der Waals surface area contributed by atoms with Crippen molar-refractivity contribution in [1.82, 2.24) is 5.32 Å². The standard InChI is InChI=1S/C9H10ClNO2/c10-8-4-3-7(13-8)9(12)11-5-6-1-2-6/h3-4,6H,1-2,5H2,(H,11,12). The van der Waals surface area contributed by atoms with E-state index in [0.29, 0.717) is 5.92 Å². The van der Waals surface area contributed by atoms with Crippen molar-refractivity contribution in [3.8, 4) is 0 Å². The van der Waals surface area contributed by atoms with Gasteiger partial charge in [-0.05, 0) is 42.5 Å². The number of hydrogen-bond acceptors (Lipinski definition) is 2. The molecule has 70 valence electrons. The summed E-state index contributed by atoms with van der Waals surface area (Å²) in [5.74, 6) is 0.777. The van der Waals surface area contributed by atoms with E-state index in [1.54, 1.807) is 12.1 Å². The van der Waals surface area contributed by atoms with Crippen LogP contribution in [0.15, 0.2) is 16.5 Å². The van der Waals surface area contributed by atoms with Gasteiger partial charge in [-0.1, -0.05) is 0 Å². The van der Waals surface area contributed by atoms with Crippen molar-refractivity contribution in [3.05, 3.63) is 23.1 Å². The van der Waals surface area contributed by atoms with E-state index in [4.69, 9.17) is 16.0 Å². The minimum Gasteiger partial charge on any atom is -0.440 e. The highest BCUT2D eigenvalue weighted by Gasteiger charge is 2.22. The number of halogens is 1. The maximum absolute atomic E-state index is 11.3. The van der Waals surface area contributed by atoms with Gasteiger partial charge in [0.25, 0.3) is 5.91 Å². The third kappa shape index (κ3) is 2.25. The molecule has 0 bridgehead atoms. The largest absolute Gasteiger partial charge is 0.440 e. The van der Waals surface area contributed by atoms with Crippen LogP contribution in [0.4, 0.5) is 0 Å². The number of hydrogen-bond donors (Lipinski definition) is 1. The van der Waals surface area contributed by atoms with Crippen LogP contribution in [-0.2, 0) is 0 Å². The van der Waals surface area contributed by atoms with Crippen LogP contribution in [0, 0.1) is 5.92 Å². The Balaban J connectivity index is 1.88. The van der Waals surface area contributed by atoms with Crippen molar-refractivity contribution >= 4 is 17.5 Å². The van der Waals surface area contributed by atoms with E-state index in [2.05, 4.69) is 5.32 Å². The summed E-state index contributed by atoms with van der Waals surface area (Å²) >= 11 is 5.53. The van der Waals surface area contributed by atoms with Crippen molar-refractivity contribution in [3.63, 3.8) is 0 Å². The van der Waals surface area contributed by atoms with Gasteiger partial charge in [0.15, 0.2) is 11.0 Å². The van der Waals surface area contributed by atoms with Crippen LogP contribution in [0.3, 0.4) is 0 Å². The molecule has 3 nitrogen and oxygen atoms in total. The zero-order valence-corrected chi connectivity index (χ0v) is 7.80. The molecular weight excluding hydrogens is 190 g/mol. The second kappa shape index (κ2) is 3.42. The average Bonchev–Trinajstić information content (AvgIpc) is 2.84. The molecular formula is C9H10ClNO2. The van der Waals surface area contributed by atoms with Crippen LogP contribution in [0.25, 0.3) is 0 Å². The molecule has 0 radical (unpaired) electrons. The van der Waals surface area contributed by atoms with E-state index >= 15 is 0 Å². The van der Waals surface area contributed by atoms with Crippen LogP contribution in [0.2, 0.25) is 5.22 Å². The Hall–Kier alpha value is -0.960. The quantitative estimate of drug-likeness (QED) is 0.810. The Kier molecular flexibility index (Phi) is 2.27. The van der Waals surface area contributed by atoms with Crippen LogP contribution in [-0.4, -0.2) is 12.5 Å². The van der Waals surface area contributed by atoms with Crippen LogP contribution < -0.4 is 5.32 Å². The summed E-state index contributed by atoms with van der Waals surface area (Å²) in [4.78, 5) is 11.3. The number of furan rings is 1. The Morgan fingerprint density at radius 3 is 2.92 bits per heavy atom. The van der Waals surface area contributed by atoms with Crippen molar-refractivity contribution in [2.75, 3.05) is 6.54 Å². The zero-order chi connectivity index (χ0) is 9.26. The molecule has 1 aliphatic carbocycles. The van der Waals surface area contributed by atoms with Crippen molar-refractivity contribution in [2.45, 2.75) is 12.8 Å². The highest BCUT2D eigenvalue weighted by Crippen LogP contribution is 2.27. The van der Waals surface area contributed by atoms with Gasteiger partial charge in [0.05, 0.1) is 0 Å². The highest BCUT2D eigenvalue weighted by molar-refractivity contribution is 6.29. The lowest BCUT2D eigenvalue weighted by Crippen LogP contribution is -2.24. The fraction of sp³-hybridized carbons (Fsp3) is 0.444. The molecule has 1 saturated carbocycles. The topological polar surface area (TPSA) is 42.2 Å². The van der Waals surface area contributed by atoms with E-state index in [-0.39, 0.29) is 16.9 Å². The summed E-state index contributed by atoms with van der Waals surface area (Å²) in [5.41, 5.74) is 0. The summed E-state index contributed by atoms with van der Waals surface area (Å²) in [5, 5.41) is 3.03. The molecule has 0 saturated heterocycles. The summed E-state index contributed by atoms with van der Waals surface area (Å²) in [6.45, 7) is 0.747. The number of amides is 1. The molecule has 0 spiro atoms. The Bertz CT molecular complexity index is 317. The monoisotopic (exact) mass is 199 g/mol. The smallest absolute Gasteiger partial charge is 0.287 e. The van der Waals surface area contributed by atoms with E-state index in [1.165, 1.54) is 12.8 Å². The first-order valence-corrected chi connectivity index (χ1v) is 4.67. The van der Waals surface area contributed by atoms with Gasteiger partial charge < -0.3 is 9.73 Å². The zero-order valence-electron chi connectivity index (χ0n) is 7.05. The van der Waals surface area contributed by atoms with Gasteiger partial charge in [-0.2, -0.15) is 0 Å². The molecule has 1 heterocycles. The Morgan fingerprint density at radius 2 is 2.38 bits per heavy atom. The summed E-state index contributed by atoms with van der Waals surface area (Å²) in [6.07, 6.45) is 2.44. The first-order valence-electron chi connectivity index (χ1n) is 4.29. The Labute approximate surface area is 81.1 Å². The molecule has 13 heavy (non-hydrogen) atoms. The van der Waals surface area contributed by atoms with Crippen LogP contribution in [0.1, 0.15) is 23.4 Å². The number of carbonyl (C=O) groups is 1. The molecule has 0 aliphatic heterocycles. The molecule has 0 unspecified atom stereocenters. The van der Waals surface area contributed by atoms with Crippen LogP contribution >= 0.6 is 11.6 Å². The van der Waals surface area contributed by atoms with Gasteiger partial charge in [0.2, 0.25) is 0 Å². The summed E-state index contributed by atoms with van der Waals surface area (Å²) in [6, 6.07) is 3.14. The van der Waals surface area contributed by atoms with E-state index in [0.717, 1.165) is 6.54 Å². The van der Waals surface area contributed by atoms with Crippen molar-refractivity contribution < 1.29 is 9.21 Å². The maximum atomic E-state index is 11.3. The number of rotatable bonds is 3. The molecule has 1 amide bonds. The number of nitrogens with one attached hydrogen (secondary N) is 1.